The van der Waals surface area contributed by atoms with Crippen LogP contribution < -0.4 is 5.32 Å². The van der Waals surface area contributed by atoms with E-state index in [1.54, 1.807) is 0 Å². The van der Waals surface area contributed by atoms with Gasteiger partial charge in [-0.15, -0.1) is 0 Å². The summed E-state index contributed by atoms with van der Waals surface area (Å²) in [5.41, 5.74) is -0.0755. The summed E-state index contributed by atoms with van der Waals surface area (Å²) in [6, 6.07) is 9.76. The number of Topliss-reactive ketones (excluding diaryl/α,β-unsaturated/α-hetero) is 1. The molecule has 140 valence electrons. The maximum absolute atomic E-state index is 12.9. The number of nitrogens with one attached hydrogen (secondary N) is 1. The van der Waals surface area contributed by atoms with E-state index in [2.05, 4.69) is 5.32 Å². The quantitative estimate of drug-likeness (QED) is 0.344. The number of non-ortho nitro benzene ring substituents is 1. The van der Waals surface area contributed by atoms with Crippen LogP contribution in [0.2, 0.25) is 0 Å². The lowest BCUT2D eigenvalue weighted by atomic mass is 10.1. The highest BCUT2D eigenvalue weighted by molar-refractivity contribution is 6.00. The number of ether oxygens (including phenoxy) is 1. The number of hydrogen-bond donors (Lipinski definition) is 1. The largest absolute Gasteiger partial charge is 0.453 e. The molecule has 0 aliphatic rings. The molecule has 0 fully saturated rings. The van der Waals surface area contributed by atoms with Gasteiger partial charge in [0.05, 0.1) is 4.92 Å². The Labute approximate surface area is 153 Å². The standard InChI is InChI=1S/C18H15FN2O6/c1-11(17(23)12-5-7-14(19)8-6-12)27-16(22)10-20-18(24)13-3-2-4-15(9-13)21(25)26/h2-9,11H,10H2,1H3,(H,20,24)/t11-/m1/s1. The Balaban J connectivity index is 1.89. The fourth-order valence-corrected chi connectivity index (χ4v) is 2.16. The smallest absolute Gasteiger partial charge is 0.326 e. The van der Waals surface area contributed by atoms with Crippen LogP contribution >= 0.6 is 0 Å². The first-order chi connectivity index (χ1) is 12.8. The Morgan fingerprint density at radius 2 is 1.81 bits per heavy atom. The highest BCUT2D eigenvalue weighted by Crippen LogP contribution is 2.13. The minimum absolute atomic E-state index is 0.00689. The number of hydrogen-bond acceptors (Lipinski definition) is 6. The third kappa shape index (κ3) is 5.43. The Morgan fingerprint density at radius 1 is 1.15 bits per heavy atom. The predicted octanol–water partition coefficient (Wildman–Crippen LogP) is 2.28. The molecule has 0 aliphatic heterocycles. The molecule has 0 aliphatic carbocycles. The molecule has 1 atom stereocenters. The van der Waals surface area contributed by atoms with Crippen LogP contribution in [0, 0.1) is 15.9 Å². The van der Waals surface area contributed by atoms with E-state index >= 15 is 0 Å². The first-order valence-electron chi connectivity index (χ1n) is 7.80. The number of halogens is 1. The number of carbonyl (C=O) groups excluding carboxylic acids is 3. The van der Waals surface area contributed by atoms with E-state index in [0.717, 1.165) is 18.2 Å². The summed E-state index contributed by atoms with van der Waals surface area (Å²) in [7, 11) is 0. The summed E-state index contributed by atoms with van der Waals surface area (Å²) in [4.78, 5) is 45.9. The Hall–Kier alpha value is -3.62. The number of amides is 1. The molecular formula is C18H15FN2O6. The van der Waals surface area contributed by atoms with Gasteiger partial charge in [-0.05, 0) is 37.3 Å². The summed E-state index contributed by atoms with van der Waals surface area (Å²) in [6.07, 6.45) is -1.13. The van der Waals surface area contributed by atoms with E-state index in [-0.39, 0.29) is 16.8 Å². The SMILES string of the molecule is C[C@@H](OC(=O)CNC(=O)c1cccc([N+](=O)[O-])c1)C(=O)c1ccc(F)cc1. The van der Waals surface area contributed by atoms with Gasteiger partial charge in [-0.2, -0.15) is 0 Å². The lowest BCUT2D eigenvalue weighted by molar-refractivity contribution is -0.384. The lowest BCUT2D eigenvalue weighted by Crippen LogP contribution is -2.34. The second-order valence-electron chi connectivity index (χ2n) is 5.49. The molecule has 1 amide bonds. The van der Waals surface area contributed by atoms with Gasteiger partial charge >= 0.3 is 5.97 Å². The van der Waals surface area contributed by atoms with Crippen LogP contribution in [0.25, 0.3) is 0 Å². The molecule has 0 aromatic heterocycles. The van der Waals surface area contributed by atoms with Crippen molar-refractivity contribution in [2.24, 2.45) is 0 Å². The number of nitrogens with zero attached hydrogens (tertiary/aromatic N) is 1. The Morgan fingerprint density at radius 3 is 2.44 bits per heavy atom. The van der Waals surface area contributed by atoms with Crippen molar-refractivity contribution in [2.45, 2.75) is 13.0 Å². The van der Waals surface area contributed by atoms with Gasteiger partial charge in [0.2, 0.25) is 5.78 Å². The second-order valence-corrected chi connectivity index (χ2v) is 5.49. The molecule has 0 saturated carbocycles. The minimum atomic E-state index is -1.13. The minimum Gasteiger partial charge on any atom is -0.453 e. The van der Waals surface area contributed by atoms with Gasteiger partial charge in [0.25, 0.3) is 11.6 Å². The van der Waals surface area contributed by atoms with Crippen molar-refractivity contribution in [3.05, 3.63) is 75.6 Å². The average Bonchev–Trinajstić information content (AvgIpc) is 2.66. The molecule has 9 heteroatoms. The monoisotopic (exact) mass is 374 g/mol. The van der Waals surface area contributed by atoms with Crippen LogP contribution in [0.15, 0.2) is 48.5 Å². The molecule has 0 heterocycles. The van der Waals surface area contributed by atoms with Crippen molar-refractivity contribution in [2.75, 3.05) is 6.54 Å². The lowest BCUT2D eigenvalue weighted by Gasteiger charge is -2.13. The topological polar surface area (TPSA) is 116 Å². The molecule has 0 spiro atoms. The van der Waals surface area contributed by atoms with E-state index in [0.29, 0.717) is 0 Å². The maximum atomic E-state index is 12.9. The van der Waals surface area contributed by atoms with Gasteiger partial charge in [-0.25, -0.2) is 4.39 Å². The van der Waals surface area contributed by atoms with Gasteiger partial charge in [0, 0.05) is 23.3 Å². The van der Waals surface area contributed by atoms with Crippen LogP contribution in [0.4, 0.5) is 10.1 Å². The van der Waals surface area contributed by atoms with Gasteiger partial charge in [-0.1, -0.05) is 6.07 Å². The average molecular weight is 374 g/mol. The molecule has 1 N–H and O–H groups in total. The van der Waals surface area contributed by atoms with Crippen LogP contribution in [0.5, 0.6) is 0 Å². The van der Waals surface area contributed by atoms with Crippen molar-refractivity contribution in [1.29, 1.82) is 0 Å². The molecule has 2 aromatic rings. The third-order valence-corrected chi connectivity index (χ3v) is 3.52. The maximum Gasteiger partial charge on any atom is 0.326 e. The van der Waals surface area contributed by atoms with E-state index < -0.39 is 41.0 Å². The zero-order valence-electron chi connectivity index (χ0n) is 14.2. The molecule has 2 rings (SSSR count). The number of ketones is 1. The van der Waals surface area contributed by atoms with Gasteiger partial charge in [0.1, 0.15) is 12.4 Å². The number of benzene rings is 2. The summed E-state index contributed by atoms with van der Waals surface area (Å²) in [5, 5.41) is 13.0. The van der Waals surface area contributed by atoms with Crippen molar-refractivity contribution < 1.29 is 28.4 Å². The first kappa shape index (κ1) is 19.7. The van der Waals surface area contributed by atoms with Crippen LogP contribution in [0.3, 0.4) is 0 Å². The molecule has 0 unspecified atom stereocenters. The van der Waals surface area contributed by atoms with Crippen molar-refractivity contribution in [3.8, 4) is 0 Å². The molecule has 0 radical (unpaired) electrons. The molecule has 2 aromatic carbocycles. The van der Waals surface area contributed by atoms with Gasteiger partial charge in [-0.3, -0.25) is 24.5 Å². The van der Waals surface area contributed by atoms with Crippen molar-refractivity contribution >= 4 is 23.3 Å². The Bertz CT molecular complexity index is 882. The molecular weight excluding hydrogens is 359 g/mol. The summed E-state index contributed by atoms with van der Waals surface area (Å²) < 4.78 is 17.8. The highest BCUT2D eigenvalue weighted by atomic mass is 19.1. The number of rotatable bonds is 7. The van der Waals surface area contributed by atoms with Gasteiger partial charge in [0.15, 0.2) is 6.10 Å². The van der Waals surface area contributed by atoms with E-state index in [4.69, 9.17) is 4.74 Å². The van der Waals surface area contributed by atoms with Gasteiger partial charge < -0.3 is 10.1 Å². The summed E-state index contributed by atoms with van der Waals surface area (Å²) in [5.74, 6) is -2.58. The fraction of sp³-hybridized carbons (Fsp3) is 0.167. The predicted molar refractivity (Wildman–Crippen MR) is 91.7 cm³/mol. The fourth-order valence-electron chi connectivity index (χ4n) is 2.16. The molecule has 27 heavy (non-hydrogen) atoms. The number of nitro groups is 1. The van der Waals surface area contributed by atoms with Crippen LogP contribution in [-0.4, -0.2) is 35.2 Å². The normalized spacial score (nSPS) is 11.3. The number of carbonyl (C=O) groups is 3. The van der Waals surface area contributed by atoms with Crippen molar-refractivity contribution in [3.63, 3.8) is 0 Å². The third-order valence-electron chi connectivity index (χ3n) is 3.52. The first-order valence-corrected chi connectivity index (χ1v) is 7.80. The van der Waals surface area contributed by atoms with Crippen molar-refractivity contribution in [1.82, 2.24) is 5.32 Å². The molecule has 8 nitrogen and oxygen atoms in total. The van der Waals surface area contributed by atoms with Crippen LogP contribution in [-0.2, 0) is 9.53 Å². The molecule has 0 saturated heterocycles. The number of nitro benzene ring substituents is 1. The zero-order valence-corrected chi connectivity index (χ0v) is 14.2. The Kier molecular flexibility index (Phi) is 6.32. The van der Waals surface area contributed by atoms with E-state index in [9.17, 15) is 28.9 Å². The number of esters is 1. The summed E-state index contributed by atoms with van der Waals surface area (Å²) in [6.45, 7) is 0.828. The van der Waals surface area contributed by atoms with Crippen LogP contribution in [0.1, 0.15) is 27.6 Å². The zero-order chi connectivity index (χ0) is 20.0. The highest BCUT2D eigenvalue weighted by Gasteiger charge is 2.20. The van der Waals surface area contributed by atoms with E-state index in [1.807, 2.05) is 0 Å². The summed E-state index contributed by atoms with van der Waals surface area (Å²) >= 11 is 0. The van der Waals surface area contributed by atoms with E-state index in [1.165, 1.54) is 37.3 Å². The second kappa shape index (κ2) is 8.65. The molecule has 0 bridgehead atoms.